The molecule has 1 unspecified atom stereocenters. The molecular formula is C21H32F2N4. The Morgan fingerprint density at radius 1 is 1.22 bits per heavy atom. The van der Waals surface area contributed by atoms with Crippen molar-refractivity contribution in [1.82, 2.24) is 14.7 Å². The maximum Gasteiger partial charge on any atom is 0.251 e. The number of halogens is 2. The van der Waals surface area contributed by atoms with Gasteiger partial charge in [-0.2, -0.15) is 0 Å². The third kappa shape index (κ3) is 7.13. The molecule has 0 aromatic heterocycles. The van der Waals surface area contributed by atoms with Crippen LogP contribution in [0.25, 0.3) is 5.57 Å². The van der Waals surface area contributed by atoms with E-state index in [0.29, 0.717) is 13.1 Å². The Balaban J connectivity index is 1.95. The van der Waals surface area contributed by atoms with Crippen LogP contribution < -0.4 is 0 Å². The Bertz CT molecular complexity index is 635. The van der Waals surface area contributed by atoms with E-state index in [-0.39, 0.29) is 12.7 Å². The van der Waals surface area contributed by atoms with E-state index >= 15 is 0 Å². The number of alkyl halides is 2. The number of benzene rings is 1. The van der Waals surface area contributed by atoms with E-state index in [1.165, 1.54) is 5.56 Å². The lowest BCUT2D eigenvalue weighted by Gasteiger charge is -2.36. The standard InChI is InChI=1S/C21H32F2N4/c1-5-19(20-8-6-7-18(13-20)15-25(3)4)14-24-17(2)27-11-9-26(10-12-27)16-21(22)23/h5-8,13-14,17,21H,9-12,15-16H2,1-4H3/b19-5+,24-14?. The minimum Gasteiger partial charge on any atom is -0.305 e. The normalized spacial score (nSPS) is 18.7. The molecule has 4 nitrogen and oxygen atoms in total. The van der Waals surface area contributed by atoms with Gasteiger partial charge < -0.3 is 4.90 Å². The molecule has 1 saturated heterocycles. The Morgan fingerprint density at radius 3 is 2.52 bits per heavy atom. The maximum absolute atomic E-state index is 12.5. The van der Waals surface area contributed by atoms with Crippen LogP contribution in [0.2, 0.25) is 0 Å². The molecule has 0 spiro atoms. The lowest BCUT2D eigenvalue weighted by Crippen LogP contribution is -2.50. The van der Waals surface area contributed by atoms with Crippen LogP contribution in [0.3, 0.4) is 0 Å². The summed E-state index contributed by atoms with van der Waals surface area (Å²) >= 11 is 0. The second-order valence-corrected chi connectivity index (χ2v) is 7.32. The average Bonchev–Trinajstić information content (AvgIpc) is 2.62. The molecule has 1 aliphatic heterocycles. The molecular weight excluding hydrogens is 346 g/mol. The molecule has 1 aromatic rings. The van der Waals surface area contributed by atoms with Crippen LogP contribution in [0.15, 0.2) is 35.3 Å². The summed E-state index contributed by atoms with van der Waals surface area (Å²) in [4.78, 5) is 10.9. The van der Waals surface area contributed by atoms with Crippen molar-refractivity contribution in [3.05, 3.63) is 41.5 Å². The van der Waals surface area contributed by atoms with E-state index in [9.17, 15) is 8.78 Å². The van der Waals surface area contributed by atoms with Gasteiger partial charge in [-0.05, 0) is 50.7 Å². The summed E-state index contributed by atoms with van der Waals surface area (Å²) < 4.78 is 25.0. The van der Waals surface area contributed by atoms with E-state index < -0.39 is 6.43 Å². The summed E-state index contributed by atoms with van der Waals surface area (Å²) in [5.74, 6) is 0. The first-order valence-corrected chi connectivity index (χ1v) is 9.57. The van der Waals surface area contributed by atoms with Crippen molar-refractivity contribution in [1.29, 1.82) is 0 Å². The smallest absolute Gasteiger partial charge is 0.251 e. The molecule has 0 amide bonds. The molecule has 0 saturated carbocycles. The number of allylic oxidation sites excluding steroid dienone is 2. The largest absolute Gasteiger partial charge is 0.305 e. The molecule has 0 radical (unpaired) electrons. The van der Waals surface area contributed by atoms with Gasteiger partial charge in [-0.15, -0.1) is 0 Å². The van der Waals surface area contributed by atoms with Gasteiger partial charge in [0, 0.05) is 38.9 Å². The third-order valence-electron chi connectivity index (χ3n) is 4.83. The van der Waals surface area contributed by atoms with Gasteiger partial charge in [-0.25, -0.2) is 8.78 Å². The van der Waals surface area contributed by atoms with Gasteiger partial charge in [0.1, 0.15) is 0 Å². The highest BCUT2D eigenvalue weighted by atomic mass is 19.3. The van der Waals surface area contributed by atoms with Crippen molar-refractivity contribution in [2.24, 2.45) is 4.99 Å². The second-order valence-electron chi connectivity index (χ2n) is 7.32. The van der Waals surface area contributed by atoms with Crippen molar-refractivity contribution in [2.45, 2.75) is 33.0 Å². The van der Waals surface area contributed by atoms with E-state index in [4.69, 9.17) is 4.99 Å². The van der Waals surface area contributed by atoms with Gasteiger partial charge in [-0.1, -0.05) is 24.3 Å². The summed E-state index contributed by atoms with van der Waals surface area (Å²) in [6.07, 6.45) is 1.79. The zero-order valence-electron chi connectivity index (χ0n) is 16.9. The molecule has 0 bridgehead atoms. The van der Waals surface area contributed by atoms with Gasteiger partial charge in [0.25, 0.3) is 6.43 Å². The fourth-order valence-corrected chi connectivity index (χ4v) is 3.33. The van der Waals surface area contributed by atoms with Gasteiger partial charge >= 0.3 is 0 Å². The number of hydrogen-bond acceptors (Lipinski definition) is 4. The topological polar surface area (TPSA) is 22.1 Å². The first-order valence-electron chi connectivity index (χ1n) is 9.57. The van der Waals surface area contributed by atoms with Gasteiger partial charge in [0.15, 0.2) is 0 Å². The molecule has 6 heteroatoms. The molecule has 1 aliphatic rings. The predicted octanol–water partition coefficient (Wildman–Crippen LogP) is 3.45. The monoisotopic (exact) mass is 378 g/mol. The fraction of sp³-hybridized carbons (Fsp3) is 0.571. The molecule has 0 N–H and O–H groups in total. The van der Waals surface area contributed by atoms with Crippen LogP contribution in [-0.4, -0.2) is 80.3 Å². The average molecular weight is 379 g/mol. The molecule has 27 heavy (non-hydrogen) atoms. The minimum atomic E-state index is -2.26. The summed E-state index contributed by atoms with van der Waals surface area (Å²) in [6, 6.07) is 8.52. The molecule has 1 atom stereocenters. The van der Waals surface area contributed by atoms with Crippen LogP contribution in [0.1, 0.15) is 25.0 Å². The van der Waals surface area contributed by atoms with Crippen molar-refractivity contribution < 1.29 is 8.78 Å². The lowest BCUT2D eigenvalue weighted by molar-refractivity contribution is 0.0471. The molecule has 1 fully saturated rings. The summed E-state index contributed by atoms with van der Waals surface area (Å²) in [6.45, 7) is 7.76. The van der Waals surface area contributed by atoms with Crippen molar-refractivity contribution in [3.8, 4) is 0 Å². The number of piperazine rings is 1. The Hall–Kier alpha value is -1.63. The Morgan fingerprint density at radius 2 is 1.93 bits per heavy atom. The molecule has 1 heterocycles. The Labute approximate surface area is 162 Å². The highest BCUT2D eigenvalue weighted by Crippen LogP contribution is 2.16. The maximum atomic E-state index is 12.5. The highest BCUT2D eigenvalue weighted by Gasteiger charge is 2.22. The van der Waals surface area contributed by atoms with E-state index in [1.807, 2.05) is 18.0 Å². The first-order chi connectivity index (χ1) is 12.9. The van der Waals surface area contributed by atoms with E-state index in [1.54, 1.807) is 0 Å². The number of nitrogens with zero attached hydrogens (tertiary/aromatic N) is 4. The van der Waals surface area contributed by atoms with E-state index in [0.717, 1.165) is 30.8 Å². The zero-order valence-corrected chi connectivity index (χ0v) is 16.9. The summed E-state index contributed by atoms with van der Waals surface area (Å²) in [5, 5.41) is 0. The van der Waals surface area contributed by atoms with Crippen LogP contribution in [-0.2, 0) is 6.54 Å². The van der Waals surface area contributed by atoms with Gasteiger partial charge in [0.05, 0.1) is 12.7 Å². The number of rotatable bonds is 8. The first kappa shape index (κ1) is 21.7. The van der Waals surface area contributed by atoms with Crippen LogP contribution in [0, 0.1) is 0 Å². The van der Waals surface area contributed by atoms with Crippen LogP contribution >= 0.6 is 0 Å². The van der Waals surface area contributed by atoms with Crippen LogP contribution in [0.5, 0.6) is 0 Å². The highest BCUT2D eigenvalue weighted by molar-refractivity contribution is 6.09. The van der Waals surface area contributed by atoms with E-state index in [2.05, 4.69) is 61.2 Å². The van der Waals surface area contributed by atoms with Gasteiger partial charge in [-0.3, -0.25) is 14.8 Å². The molecule has 0 aliphatic carbocycles. The Kier molecular flexibility index (Phi) is 8.54. The second kappa shape index (κ2) is 10.6. The van der Waals surface area contributed by atoms with Gasteiger partial charge in [0.2, 0.25) is 0 Å². The van der Waals surface area contributed by atoms with Crippen molar-refractivity contribution >= 4 is 11.8 Å². The SMILES string of the molecule is C/C=C(\C=NC(C)N1CCN(CC(F)F)CC1)c1cccc(CN(C)C)c1. The predicted molar refractivity (Wildman–Crippen MR) is 109 cm³/mol. The molecule has 2 rings (SSSR count). The van der Waals surface area contributed by atoms with Crippen LogP contribution in [0.4, 0.5) is 8.78 Å². The number of hydrogen-bond donors (Lipinski definition) is 0. The summed E-state index contributed by atoms with van der Waals surface area (Å²) in [7, 11) is 4.13. The third-order valence-corrected chi connectivity index (χ3v) is 4.83. The van der Waals surface area contributed by atoms with Crippen molar-refractivity contribution in [2.75, 3.05) is 46.8 Å². The lowest BCUT2D eigenvalue weighted by atomic mass is 10.0. The minimum absolute atomic E-state index is 0.0404. The molecule has 1 aromatic carbocycles. The summed E-state index contributed by atoms with van der Waals surface area (Å²) in [5.41, 5.74) is 3.53. The fourth-order valence-electron chi connectivity index (χ4n) is 3.33. The number of aliphatic imine (C=N–C) groups is 1. The quantitative estimate of drug-likeness (QED) is 0.647. The van der Waals surface area contributed by atoms with Crippen molar-refractivity contribution in [3.63, 3.8) is 0 Å². The molecule has 150 valence electrons. The zero-order chi connectivity index (χ0) is 19.8.